The molecule has 1 atom stereocenters. The van der Waals surface area contributed by atoms with E-state index in [-0.39, 0.29) is 16.9 Å². The molecule has 0 aliphatic carbocycles. The van der Waals surface area contributed by atoms with Crippen molar-refractivity contribution in [2.75, 3.05) is 6.61 Å². The molecule has 4 rings (SSSR count). The van der Waals surface area contributed by atoms with Gasteiger partial charge in [-0.3, -0.25) is 13.9 Å². The molecule has 0 spiro atoms. The van der Waals surface area contributed by atoms with Crippen LogP contribution in [-0.4, -0.2) is 30.6 Å². The zero-order valence-corrected chi connectivity index (χ0v) is 20.2. The van der Waals surface area contributed by atoms with Crippen LogP contribution in [0.15, 0.2) is 75.0 Å². The molecule has 0 radical (unpaired) electrons. The number of nitriles is 1. The molecule has 184 valence electrons. The number of hydrogen-bond donors (Lipinski definition) is 1. The van der Waals surface area contributed by atoms with Crippen molar-refractivity contribution < 1.29 is 18.3 Å². The summed E-state index contributed by atoms with van der Waals surface area (Å²) in [5, 5.41) is 23.0. The number of hydrogen-bond acceptors (Lipinski definition) is 5. The minimum absolute atomic E-state index is 0.0546. The van der Waals surface area contributed by atoms with Crippen molar-refractivity contribution in [3.05, 3.63) is 97.4 Å². The fourth-order valence-corrected chi connectivity index (χ4v) is 4.14. The highest BCUT2D eigenvalue weighted by Crippen LogP contribution is 2.31. The third kappa shape index (κ3) is 4.50. The molecule has 0 amide bonds. The van der Waals surface area contributed by atoms with E-state index in [2.05, 4.69) is 21.0 Å². The number of rotatable bonds is 5. The van der Waals surface area contributed by atoms with Crippen LogP contribution in [0.4, 0.5) is 13.2 Å². The number of benzene rings is 2. The summed E-state index contributed by atoms with van der Waals surface area (Å²) < 4.78 is 43.5. The Morgan fingerprint density at radius 3 is 2.44 bits per heavy atom. The highest BCUT2D eigenvalue weighted by atomic mass is 79.9. The van der Waals surface area contributed by atoms with E-state index in [1.54, 1.807) is 24.3 Å². The number of aromatic nitrogens is 4. The van der Waals surface area contributed by atoms with E-state index < -0.39 is 35.6 Å². The largest absolute Gasteiger partial charge is 0.416 e. The lowest BCUT2D eigenvalue weighted by molar-refractivity contribution is -0.137. The Bertz CT molecular complexity index is 1600. The summed E-state index contributed by atoms with van der Waals surface area (Å²) in [6, 6.07) is 11.5. The molecule has 1 N–H and O–H groups in total. The number of nitrogens with zero attached hydrogens (tertiary/aromatic N) is 5. The molecule has 2 heterocycles. The van der Waals surface area contributed by atoms with Gasteiger partial charge in [0.1, 0.15) is 0 Å². The first-order valence-corrected chi connectivity index (χ1v) is 11.3. The second-order valence-corrected chi connectivity index (χ2v) is 8.72. The Balaban J connectivity index is 2.03. The van der Waals surface area contributed by atoms with Crippen LogP contribution in [0, 0.1) is 11.3 Å². The van der Waals surface area contributed by atoms with Gasteiger partial charge >= 0.3 is 11.9 Å². The summed E-state index contributed by atoms with van der Waals surface area (Å²) in [5.41, 5.74) is -1.69. The Morgan fingerprint density at radius 2 is 1.83 bits per heavy atom. The van der Waals surface area contributed by atoms with Crippen molar-refractivity contribution in [3.63, 3.8) is 0 Å². The molecule has 0 bridgehead atoms. The highest BCUT2D eigenvalue weighted by molar-refractivity contribution is 9.10. The third-order valence-corrected chi connectivity index (χ3v) is 6.08. The maximum Gasteiger partial charge on any atom is 0.416 e. The first-order valence-electron chi connectivity index (χ1n) is 10.5. The quantitative estimate of drug-likeness (QED) is 0.397. The molecule has 0 aliphatic heterocycles. The predicted molar refractivity (Wildman–Crippen MR) is 128 cm³/mol. The summed E-state index contributed by atoms with van der Waals surface area (Å²) in [6.45, 7) is 0.882. The number of alkyl halides is 3. The van der Waals surface area contributed by atoms with E-state index in [4.69, 9.17) is 5.26 Å². The van der Waals surface area contributed by atoms with Crippen LogP contribution in [0.5, 0.6) is 0 Å². The summed E-state index contributed by atoms with van der Waals surface area (Å²) in [7, 11) is 0. The zero-order chi connectivity index (χ0) is 26.2. The van der Waals surface area contributed by atoms with Crippen molar-refractivity contribution in [2.24, 2.45) is 0 Å². The van der Waals surface area contributed by atoms with Gasteiger partial charge in [0, 0.05) is 6.20 Å². The van der Waals surface area contributed by atoms with Crippen LogP contribution in [0.3, 0.4) is 0 Å². The summed E-state index contributed by atoms with van der Waals surface area (Å²) >= 11 is 3.36. The Labute approximate surface area is 210 Å². The molecule has 12 heteroatoms. The molecule has 8 nitrogen and oxygen atoms in total. The maximum absolute atomic E-state index is 13.5. The average molecular weight is 560 g/mol. The first-order chi connectivity index (χ1) is 17.1. The van der Waals surface area contributed by atoms with Gasteiger partial charge in [-0.25, -0.2) is 9.48 Å². The molecule has 0 saturated heterocycles. The molecule has 2 aromatic heterocycles. The van der Waals surface area contributed by atoms with Gasteiger partial charge in [0.15, 0.2) is 0 Å². The first kappa shape index (κ1) is 25.2. The zero-order valence-electron chi connectivity index (χ0n) is 18.6. The number of aliphatic hydroxyl groups is 1. The second kappa shape index (κ2) is 9.60. The summed E-state index contributed by atoms with van der Waals surface area (Å²) in [6.07, 6.45) is -2.07. The van der Waals surface area contributed by atoms with Crippen LogP contribution >= 0.6 is 15.9 Å². The molecule has 0 saturated carbocycles. The van der Waals surface area contributed by atoms with Crippen molar-refractivity contribution in [2.45, 2.75) is 19.1 Å². The lowest BCUT2D eigenvalue weighted by atomic mass is 10.1. The van der Waals surface area contributed by atoms with Crippen LogP contribution < -0.4 is 11.2 Å². The lowest BCUT2D eigenvalue weighted by Gasteiger charge is -2.18. The van der Waals surface area contributed by atoms with Gasteiger partial charge in [-0.05, 0) is 65.3 Å². The minimum Gasteiger partial charge on any atom is -0.394 e. The third-order valence-electron chi connectivity index (χ3n) is 5.50. The highest BCUT2D eigenvalue weighted by Gasteiger charge is 2.31. The van der Waals surface area contributed by atoms with Gasteiger partial charge in [-0.1, -0.05) is 6.07 Å². The van der Waals surface area contributed by atoms with Gasteiger partial charge < -0.3 is 5.11 Å². The summed E-state index contributed by atoms with van der Waals surface area (Å²) in [4.78, 5) is 26.7. The normalized spacial score (nSPS) is 12.4. The molecule has 0 fully saturated rings. The van der Waals surface area contributed by atoms with E-state index >= 15 is 0 Å². The summed E-state index contributed by atoms with van der Waals surface area (Å²) in [5.74, 6) is 0. The van der Waals surface area contributed by atoms with Crippen molar-refractivity contribution in [1.82, 2.24) is 18.9 Å². The number of halogens is 4. The van der Waals surface area contributed by atoms with E-state index in [9.17, 15) is 27.9 Å². The molecule has 2 aromatic carbocycles. The molecule has 0 aliphatic rings. The van der Waals surface area contributed by atoms with E-state index in [0.29, 0.717) is 15.7 Å². The van der Waals surface area contributed by atoms with Gasteiger partial charge in [-0.15, -0.1) is 0 Å². The Kier molecular flexibility index (Phi) is 6.71. The van der Waals surface area contributed by atoms with Gasteiger partial charge in [0.25, 0.3) is 5.56 Å². The monoisotopic (exact) mass is 559 g/mol. The maximum atomic E-state index is 13.5. The van der Waals surface area contributed by atoms with E-state index in [1.165, 1.54) is 23.9 Å². The van der Waals surface area contributed by atoms with E-state index in [1.807, 2.05) is 6.07 Å². The standard InChI is InChI=1S/C24H17BrF3N5O3/c1-14(13-34)32-22(35)19(12-31(23(32)36)18-4-2-3-16(9-18)24(26,27)28)21-20(25)11-30-33(21)17-7-5-15(10-29)6-8-17/h2-9,11-12,14,34H,13H2,1H3/t14-/m1/s1. The van der Waals surface area contributed by atoms with E-state index in [0.717, 1.165) is 33.5 Å². The van der Waals surface area contributed by atoms with Crippen LogP contribution in [0.25, 0.3) is 22.6 Å². The van der Waals surface area contributed by atoms with Crippen LogP contribution in [0.1, 0.15) is 24.1 Å². The van der Waals surface area contributed by atoms with Crippen LogP contribution in [0.2, 0.25) is 0 Å². The van der Waals surface area contributed by atoms with Crippen molar-refractivity contribution in [1.29, 1.82) is 5.26 Å². The minimum atomic E-state index is -4.65. The van der Waals surface area contributed by atoms with Gasteiger partial charge in [-0.2, -0.15) is 23.5 Å². The van der Waals surface area contributed by atoms with Crippen molar-refractivity contribution >= 4 is 15.9 Å². The fourth-order valence-electron chi connectivity index (χ4n) is 3.67. The molecule has 0 unspecified atom stereocenters. The van der Waals surface area contributed by atoms with Crippen LogP contribution in [-0.2, 0) is 6.18 Å². The second-order valence-electron chi connectivity index (χ2n) is 7.86. The molecular weight excluding hydrogens is 543 g/mol. The Morgan fingerprint density at radius 1 is 1.14 bits per heavy atom. The smallest absolute Gasteiger partial charge is 0.394 e. The lowest BCUT2D eigenvalue weighted by Crippen LogP contribution is -2.42. The number of aliphatic hydroxyl groups excluding tert-OH is 1. The molecular formula is C24H17BrF3N5O3. The Hall–Kier alpha value is -3.95. The predicted octanol–water partition coefficient (Wildman–Crippen LogP) is 4.06. The SMILES string of the molecule is C[C@H](CO)n1c(=O)c(-c2c(Br)cnn2-c2ccc(C#N)cc2)cn(-c2cccc(C(F)(F)F)c2)c1=O. The average Bonchev–Trinajstić information content (AvgIpc) is 3.24. The molecule has 36 heavy (non-hydrogen) atoms. The van der Waals surface area contributed by atoms with Gasteiger partial charge in [0.2, 0.25) is 0 Å². The fraction of sp³-hybridized carbons (Fsp3) is 0.167. The van der Waals surface area contributed by atoms with Gasteiger partial charge in [0.05, 0.1) is 63.1 Å². The topological polar surface area (TPSA) is 106 Å². The van der Waals surface area contributed by atoms with Crippen molar-refractivity contribution in [3.8, 4) is 28.7 Å². The molecule has 4 aromatic rings.